The minimum absolute atomic E-state index is 0.0615. The molecular formula is C20H21ClN2O4S. The van der Waals surface area contributed by atoms with Gasteiger partial charge in [-0.1, -0.05) is 35.9 Å². The highest BCUT2D eigenvalue weighted by Gasteiger charge is 2.16. The number of nitrogens with zero attached hydrogens (tertiary/aromatic N) is 1. The van der Waals surface area contributed by atoms with E-state index in [4.69, 9.17) is 16.3 Å². The van der Waals surface area contributed by atoms with Gasteiger partial charge in [0.2, 0.25) is 5.91 Å². The monoisotopic (exact) mass is 420 g/mol. The Morgan fingerprint density at radius 1 is 1.11 bits per heavy atom. The molecule has 0 saturated heterocycles. The second-order valence-electron chi connectivity index (χ2n) is 6.06. The lowest BCUT2D eigenvalue weighted by molar-refractivity contribution is -0.126. The Kier molecular flexibility index (Phi) is 8.35. The topological polar surface area (TPSA) is 75.7 Å². The van der Waals surface area contributed by atoms with Gasteiger partial charge in [-0.25, -0.2) is 4.79 Å². The van der Waals surface area contributed by atoms with E-state index in [0.717, 1.165) is 5.56 Å². The van der Waals surface area contributed by atoms with Crippen LogP contribution in [0, 0.1) is 0 Å². The number of nitrogens with one attached hydrogen (secondary N) is 1. The van der Waals surface area contributed by atoms with Gasteiger partial charge in [0.1, 0.15) is 0 Å². The van der Waals surface area contributed by atoms with Crippen molar-refractivity contribution in [1.29, 1.82) is 0 Å². The molecule has 2 aromatic rings. The second kappa shape index (κ2) is 10.7. The molecule has 0 aromatic heterocycles. The van der Waals surface area contributed by atoms with Crippen LogP contribution in [-0.4, -0.2) is 49.1 Å². The molecule has 0 spiro atoms. The van der Waals surface area contributed by atoms with E-state index in [0.29, 0.717) is 15.5 Å². The number of hydrogen-bond donors (Lipinski definition) is 1. The molecule has 0 saturated carbocycles. The van der Waals surface area contributed by atoms with Crippen molar-refractivity contribution in [2.75, 3.05) is 26.5 Å². The number of esters is 1. The summed E-state index contributed by atoms with van der Waals surface area (Å²) >= 11 is 7.15. The first kappa shape index (κ1) is 21.8. The molecule has 8 heteroatoms. The molecule has 6 nitrogen and oxygen atoms in total. The summed E-state index contributed by atoms with van der Waals surface area (Å²) in [5, 5.41) is 3.25. The molecule has 1 N–H and O–H groups in total. The van der Waals surface area contributed by atoms with Gasteiger partial charge in [0.05, 0.1) is 11.3 Å². The minimum atomic E-state index is -0.613. The molecule has 0 fully saturated rings. The molecule has 0 unspecified atom stereocenters. The van der Waals surface area contributed by atoms with Crippen molar-refractivity contribution in [2.45, 2.75) is 11.4 Å². The third-order valence-corrected chi connectivity index (χ3v) is 4.96. The van der Waals surface area contributed by atoms with Crippen molar-refractivity contribution in [3.63, 3.8) is 0 Å². The van der Waals surface area contributed by atoms with Crippen LogP contribution in [0.1, 0.15) is 15.9 Å². The van der Waals surface area contributed by atoms with Crippen molar-refractivity contribution in [2.24, 2.45) is 0 Å². The number of amides is 2. The Hall–Kier alpha value is -2.51. The number of carbonyl (C=O) groups excluding carboxylic acids is 3. The summed E-state index contributed by atoms with van der Waals surface area (Å²) in [5.41, 5.74) is 1.17. The van der Waals surface area contributed by atoms with Crippen molar-refractivity contribution in [1.82, 2.24) is 10.2 Å². The van der Waals surface area contributed by atoms with E-state index < -0.39 is 18.5 Å². The Morgan fingerprint density at radius 3 is 2.57 bits per heavy atom. The molecular weight excluding hydrogens is 400 g/mol. The van der Waals surface area contributed by atoms with E-state index in [1.807, 2.05) is 6.07 Å². The Morgan fingerprint density at radius 2 is 1.86 bits per heavy atom. The molecule has 148 valence electrons. The number of benzene rings is 2. The van der Waals surface area contributed by atoms with Gasteiger partial charge in [-0.05, 0) is 29.8 Å². The summed E-state index contributed by atoms with van der Waals surface area (Å²) in [6.07, 6.45) is 0. The van der Waals surface area contributed by atoms with Crippen LogP contribution in [-0.2, 0) is 20.9 Å². The third kappa shape index (κ3) is 6.90. The molecule has 28 heavy (non-hydrogen) atoms. The number of rotatable bonds is 8. The second-order valence-corrected chi connectivity index (χ2v) is 7.51. The molecule has 2 aromatic carbocycles. The first-order valence-corrected chi connectivity index (χ1v) is 9.83. The van der Waals surface area contributed by atoms with Gasteiger partial charge in [-0.15, -0.1) is 11.8 Å². The standard InChI is InChI=1S/C20H21ClN2O4S/c1-23(2)19(25)13-28-17-9-4-3-8-16(17)20(26)27-12-18(24)22-11-14-6-5-7-15(21)10-14/h3-10H,11-13H2,1-2H3,(H,22,24). The maximum atomic E-state index is 12.3. The molecule has 0 bridgehead atoms. The predicted molar refractivity (Wildman–Crippen MR) is 109 cm³/mol. The van der Waals surface area contributed by atoms with E-state index in [1.165, 1.54) is 16.7 Å². The largest absolute Gasteiger partial charge is 0.452 e. The quantitative estimate of drug-likeness (QED) is 0.524. The molecule has 0 atom stereocenters. The normalized spacial score (nSPS) is 10.2. The Labute approximate surface area is 173 Å². The smallest absolute Gasteiger partial charge is 0.339 e. The van der Waals surface area contributed by atoms with E-state index in [-0.39, 0.29) is 18.2 Å². The summed E-state index contributed by atoms with van der Waals surface area (Å²) in [6, 6.07) is 13.9. The first-order valence-electron chi connectivity index (χ1n) is 8.47. The number of halogens is 1. The van der Waals surface area contributed by atoms with Crippen LogP contribution >= 0.6 is 23.4 Å². The van der Waals surface area contributed by atoms with Crippen molar-refractivity contribution >= 4 is 41.1 Å². The molecule has 0 aliphatic carbocycles. The highest BCUT2D eigenvalue weighted by Crippen LogP contribution is 2.23. The highest BCUT2D eigenvalue weighted by molar-refractivity contribution is 8.00. The van der Waals surface area contributed by atoms with Crippen LogP contribution in [0.4, 0.5) is 0 Å². The number of thioether (sulfide) groups is 1. The SMILES string of the molecule is CN(C)C(=O)CSc1ccccc1C(=O)OCC(=O)NCc1cccc(Cl)c1. The number of ether oxygens (including phenoxy) is 1. The molecule has 0 aliphatic heterocycles. The summed E-state index contributed by atoms with van der Waals surface area (Å²) in [6.45, 7) is -0.106. The van der Waals surface area contributed by atoms with Gasteiger partial charge in [-0.2, -0.15) is 0 Å². The van der Waals surface area contributed by atoms with Crippen LogP contribution in [0.25, 0.3) is 0 Å². The minimum Gasteiger partial charge on any atom is -0.452 e. The fourth-order valence-corrected chi connectivity index (χ4v) is 3.37. The van der Waals surface area contributed by atoms with Crippen molar-refractivity contribution in [3.05, 3.63) is 64.7 Å². The summed E-state index contributed by atoms with van der Waals surface area (Å²) in [7, 11) is 3.34. The van der Waals surface area contributed by atoms with Crippen LogP contribution in [0.3, 0.4) is 0 Å². The summed E-state index contributed by atoms with van der Waals surface area (Å²) in [4.78, 5) is 38.1. The summed E-state index contributed by atoms with van der Waals surface area (Å²) in [5.74, 6) is -0.884. The average molecular weight is 421 g/mol. The zero-order valence-corrected chi connectivity index (χ0v) is 17.2. The maximum Gasteiger partial charge on any atom is 0.339 e. The van der Waals surface area contributed by atoms with Crippen LogP contribution in [0.5, 0.6) is 0 Å². The zero-order chi connectivity index (χ0) is 20.5. The fraction of sp³-hybridized carbons (Fsp3) is 0.250. The molecule has 2 rings (SSSR count). The van der Waals surface area contributed by atoms with Gasteiger partial charge in [0, 0.05) is 30.6 Å². The third-order valence-electron chi connectivity index (χ3n) is 3.67. The van der Waals surface area contributed by atoms with Crippen molar-refractivity contribution in [3.8, 4) is 0 Å². The number of hydrogen-bond acceptors (Lipinski definition) is 5. The molecule has 0 radical (unpaired) electrons. The summed E-state index contributed by atoms with van der Waals surface area (Å²) < 4.78 is 5.11. The van der Waals surface area contributed by atoms with E-state index in [9.17, 15) is 14.4 Å². The van der Waals surface area contributed by atoms with E-state index in [2.05, 4.69) is 5.32 Å². The van der Waals surface area contributed by atoms with Gasteiger partial charge in [0.15, 0.2) is 6.61 Å². The lowest BCUT2D eigenvalue weighted by atomic mass is 10.2. The maximum absolute atomic E-state index is 12.3. The van der Waals surface area contributed by atoms with Crippen LogP contribution < -0.4 is 5.32 Å². The van der Waals surface area contributed by atoms with Crippen molar-refractivity contribution < 1.29 is 19.1 Å². The van der Waals surface area contributed by atoms with E-state index in [1.54, 1.807) is 56.6 Å². The van der Waals surface area contributed by atoms with Gasteiger partial charge in [-0.3, -0.25) is 9.59 Å². The van der Waals surface area contributed by atoms with E-state index >= 15 is 0 Å². The van der Waals surface area contributed by atoms with Crippen LogP contribution in [0.15, 0.2) is 53.4 Å². The Bertz CT molecular complexity index is 858. The zero-order valence-electron chi connectivity index (χ0n) is 15.6. The Balaban J connectivity index is 1.87. The first-order chi connectivity index (χ1) is 13.4. The molecule has 0 heterocycles. The van der Waals surface area contributed by atoms with Gasteiger partial charge in [0.25, 0.3) is 5.91 Å². The lowest BCUT2D eigenvalue weighted by Gasteiger charge is -2.12. The van der Waals surface area contributed by atoms with Gasteiger partial charge < -0.3 is 15.0 Å². The van der Waals surface area contributed by atoms with Crippen LogP contribution in [0.2, 0.25) is 5.02 Å². The van der Waals surface area contributed by atoms with Gasteiger partial charge >= 0.3 is 5.97 Å². The molecule has 0 aliphatic rings. The lowest BCUT2D eigenvalue weighted by Crippen LogP contribution is -2.28. The molecule has 2 amide bonds. The fourth-order valence-electron chi connectivity index (χ4n) is 2.14. The predicted octanol–water partition coefficient (Wildman–Crippen LogP) is 2.99. The number of carbonyl (C=O) groups is 3. The average Bonchev–Trinajstić information content (AvgIpc) is 2.68. The highest BCUT2D eigenvalue weighted by atomic mass is 35.5.